The van der Waals surface area contributed by atoms with Crippen LogP contribution in [-0.4, -0.2) is 23.1 Å². The Balaban J connectivity index is 2.40. The Bertz CT molecular complexity index is 440. The summed E-state index contributed by atoms with van der Waals surface area (Å²) in [6.07, 6.45) is 3.14. The largest absolute Gasteiger partial charge is 0.371 e. The van der Waals surface area contributed by atoms with E-state index < -0.39 is 0 Å². The van der Waals surface area contributed by atoms with E-state index in [1.807, 2.05) is 6.92 Å². The molecule has 2 heterocycles. The van der Waals surface area contributed by atoms with E-state index in [2.05, 4.69) is 26.1 Å². The van der Waals surface area contributed by atoms with Gasteiger partial charge in [-0.1, -0.05) is 27.2 Å². The standard InChI is InChI=1S/C16H27N3O/c1-5-7-14(20-6-2)16-18-13-10-17-9-8-12(13)15(19-16)11(3)4/h11,14,17H,5-10H2,1-4H3. The second-order valence-electron chi connectivity index (χ2n) is 5.71. The molecule has 1 aromatic rings. The topological polar surface area (TPSA) is 47.0 Å². The maximum Gasteiger partial charge on any atom is 0.157 e. The van der Waals surface area contributed by atoms with Gasteiger partial charge >= 0.3 is 0 Å². The quantitative estimate of drug-likeness (QED) is 0.868. The van der Waals surface area contributed by atoms with Crippen LogP contribution in [0.15, 0.2) is 0 Å². The van der Waals surface area contributed by atoms with Crippen LogP contribution in [0.1, 0.15) is 75.3 Å². The predicted molar refractivity (Wildman–Crippen MR) is 80.8 cm³/mol. The van der Waals surface area contributed by atoms with E-state index in [1.165, 1.54) is 17.0 Å². The highest BCUT2D eigenvalue weighted by Gasteiger charge is 2.22. The fraction of sp³-hybridized carbons (Fsp3) is 0.750. The summed E-state index contributed by atoms with van der Waals surface area (Å²) in [5.41, 5.74) is 3.74. The molecule has 20 heavy (non-hydrogen) atoms. The molecule has 1 unspecified atom stereocenters. The summed E-state index contributed by atoms with van der Waals surface area (Å²) >= 11 is 0. The Morgan fingerprint density at radius 1 is 1.25 bits per heavy atom. The molecule has 1 atom stereocenters. The summed E-state index contributed by atoms with van der Waals surface area (Å²) in [5, 5.41) is 3.41. The summed E-state index contributed by atoms with van der Waals surface area (Å²) in [7, 11) is 0. The van der Waals surface area contributed by atoms with Gasteiger partial charge in [0.05, 0.1) is 11.4 Å². The molecule has 1 aliphatic rings. The Labute approximate surface area is 122 Å². The summed E-state index contributed by atoms with van der Waals surface area (Å²) in [6, 6.07) is 0. The first-order chi connectivity index (χ1) is 9.67. The molecule has 2 rings (SSSR count). The molecular weight excluding hydrogens is 250 g/mol. The number of nitrogens with one attached hydrogen (secondary N) is 1. The van der Waals surface area contributed by atoms with E-state index in [9.17, 15) is 0 Å². The molecular formula is C16H27N3O. The third-order valence-corrected chi connectivity index (χ3v) is 3.74. The Morgan fingerprint density at radius 2 is 2.05 bits per heavy atom. The van der Waals surface area contributed by atoms with Gasteiger partial charge in [0.15, 0.2) is 5.82 Å². The van der Waals surface area contributed by atoms with Gasteiger partial charge in [-0.15, -0.1) is 0 Å². The zero-order valence-corrected chi connectivity index (χ0v) is 13.2. The summed E-state index contributed by atoms with van der Waals surface area (Å²) in [6.45, 7) is 11.2. The fourth-order valence-corrected chi connectivity index (χ4v) is 2.78. The van der Waals surface area contributed by atoms with Gasteiger partial charge in [-0.3, -0.25) is 0 Å². The molecule has 1 aromatic heterocycles. The molecule has 0 spiro atoms. The zero-order valence-electron chi connectivity index (χ0n) is 13.2. The second kappa shape index (κ2) is 7.14. The van der Waals surface area contributed by atoms with Crippen molar-refractivity contribution in [3.63, 3.8) is 0 Å². The van der Waals surface area contributed by atoms with Gasteiger partial charge in [0.1, 0.15) is 6.10 Å². The number of rotatable bonds is 6. The SMILES string of the molecule is CCCC(OCC)c1nc2c(c(C(C)C)n1)CCNC2. The number of fused-ring (bicyclic) bond motifs is 1. The summed E-state index contributed by atoms with van der Waals surface area (Å²) < 4.78 is 5.85. The molecule has 0 aliphatic carbocycles. The van der Waals surface area contributed by atoms with Crippen LogP contribution in [0.5, 0.6) is 0 Å². The van der Waals surface area contributed by atoms with E-state index in [1.54, 1.807) is 0 Å². The lowest BCUT2D eigenvalue weighted by atomic mass is 9.97. The van der Waals surface area contributed by atoms with Crippen molar-refractivity contribution in [3.8, 4) is 0 Å². The van der Waals surface area contributed by atoms with Gasteiger partial charge in [-0.05, 0) is 37.8 Å². The number of ether oxygens (including phenoxy) is 1. The molecule has 4 nitrogen and oxygen atoms in total. The highest BCUT2D eigenvalue weighted by atomic mass is 16.5. The van der Waals surface area contributed by atoms with Crippen molar-refractivity contribution in [2.45, 2.75) is 65.5 Å². The maximum absolute atomic E-state index is 5.85. The van der Waals surface area contributed by atoms with Crippen molar-refractivity contribution in [1.29, 1.82) is 0 Å². The zero-order chi connectivity index (χ0) is 14.5. The first-order valence-electron chi connectivity index (χ1n) is 7.89. The number of hydrogen-bond donors (Lipinski definition) is 1. The van der Waals surface area contributed by atoms with Crippen molar-refractivity contribution in [3.05, 3.63) is 22.8 Å². The third-order valence-electron chi connectivity index (χ3n) is 3.74. The smallest absolute Gasteiger partial charge is 0.157 e. The number of aromatic nitrogens is 2. The van der Waals surface area contributed by atoms with Gasteiger partial charge in [0.25, 0.3) is 0 Å². The van der Waals surface area contributed by atoms with Crippen LogP contribution >= 0.6 is 0 Å². The Hall–Kier alpha value is -1.00. The average molecular weight is 277 g/mol. The van der Waals surface area contributed by atoms with E-state index in [0.717, 1.165) is 38.2 Å². The molecule has 1 aliphatic heterocycles. The normalized spacial score (nSPS) is 16.2. The van der Waals surface area contributed by atoms with Crippen LogP contribution in [0.4, 0.5) is 0 Å². The van der Waals surface area contributed by atoms with Crippen LogP contribution in [0.25, 0.3) is 0 Å². The van der Waals surface area contributed by atoms with Crippen LogP contribution in [0.2, 0.25) is 0 Å². The molecule has 0 aromatic carbocycles. The molecule has 0 amide bonds. The number of nitrogens with zero attached hydrogens (tertiary/aromatic N) is 2. The van der Waals surface area contributed by atoms with Crippen molar-refractivity contribution in [2.75, 3.05) is 13.2 Å². The summed E-state index contributed by atoms with van der Waals surface area (Å²) in [4.78, 5) is 9.65. The van der Waals surface area contributed by atoms with Gasteiger partial charge in [-0.2, -0.15) is 0 Å². The van der Waals surface area contributed by atoms with Crippen LogP contribution in [0.3, 0.4) is 0 Å². The Morgan fingerprint density at radius 3 is 2.70 bits per heavy atom. The minimum Gasteiger partial charge on any atom is -0.371 e. The fourth-order valence-electron chi connectivity index (χ4n) is 2.78. The molecule has 4 heteroatoms. The van der Waals surface area contributed by atoms with Crippen molar-refractivity contribution in [1.82, 2.24) is 15.3 Å². The lowest BCUT2D eigenvalue weighted by Gasteiger charge is -2.24. The van der Waals surface area contributed by atoms with Gasteiger partial charge in [-0.25, -0.2) is 9.97 Å². The molecule has 112 valence electrons. The number of hydrogen-bond acceptors (Lipinski definition) is 4. The highest BCUT2D eigenvalue weighted by molar-refractivity contribution is 5.30. The van der Waals surface area contributed by atoms with E-state index in [-0.39, 0.29) is 6.10 Å². The highest BCUT2D eigenvalue weighted by Crippen LogP contribution is 2.27. The lowest BCUT2D eigenvalue weighted by Crippen LogP contribution is -2.28. The third kappa shape index (κ3) is 3.36. The first-order valence-corrected chi connectivity index (χ1v) is 7.89. The monoisotopic (exact) mass is 277 g/mol. The van der Waals surface area contributed by atoms with Crippen molar-refractivity contribution in [2.24, 2.45) is 0 Å². The molecule has 0 radical (unpaired) electrons. The van der Waals surface area contributed by atoms with Crippen LogP contribution in [0, 0.1) is 0 Å². The molecule has 1 N–H and O–H groups in total. The molecule has 0 bridgehead atoms. The minimum atomic E-state index is 0.0368. The maximum atomic E-state index is 5.85. The van der Waals surface area contributed by atoms with Crippen molar-refractivity contribution < 1.29 is 4.74 Å². The van der Waals surface area contributed by atoms with E-state index in [0.29, 0.717) is 12.5 Å². The van der Waals surface area contributed by atoms with Crippen LogP contribution < -0.4 is 5.32 Å². The molecule has 0 saturated carbocycles. The van der Waals surface area contributed by atoms with Gasteiger partial charge < -0.3 is 10.1 Å². The molecule has 0 saturated heterocycles. The van der Waals surface area contributed by atoms with E-state index >= 15 is 0 Å². The van der Waals surface area contributed by atoms with Gasteiger partial charge in [0, 0.05) is 13.2 Å². The van der Waals surface area contributed by atoms with Gasteiger partial charge in [0.2, 0.25) is 0 Å². The predicted octanol–water partition coefficient (Wildman–Crippen LogP) is 3.12. The minimum absolute atomic E-state index is 0.0368. The van der Waals surface area contributed by atoms with Crippen LogP contribution in [-0.2, 0) is 17.7 Å². The lowest BCUT2D eigenvalue weighted by molar-refractivity contribution is 0.0489. The average Bonchev–Trinajstić information content (AvgIpc) is 2.45. The first kappa shape index (κ1) is 15.4. The molecule has 0 fully saturated rings. The van der Waals surface area contributed by atoms with Crippen molar-refractivity contribution >= 4 is 0 Å². The van der Waals surface area contributed by atoms with E-state index in [4.69, 9.17) is 14.7 Å². The Kier molecular flexibility index (Phi) is 5.49. The second-order valence-corrected chi connectivity index (χ2v) is 5.71. The summed E-state index contributed by atoms with van der Waals surface area (Å²) in [5.74, 6) is 1.31.